The first kappa shape index (κ1) is 17.3. The normalized spacial score (nSPS) is 16.3. The lowest BCUT2D eigenvalue weighted by molar-refractivity contribution is -0.145. The number of pyridine rings is 1. The monoisotopic (exact) mass is 383 g/mol. The molecule has 27 heavy (non-hydrogen) atoms. The highest BCUT2D eigenvalue weighted by molar-refractivity contribution is 6.30. The molecular formula is C20H14ClNO5. The summed E-state index contributed by atoms with van der Waals surface area (Å²) in [4.78, 5) is 37.3. The SMILES string of the molecule is O=C(OC1CCOC1=O)c1cn(-c2cccc(Cl)c2)c(=O)c2ccccc12. The summed E-state index contributed by atoms with van der Waals surface area (Å²) < 4.78 is 11.5. The number of fused-ring (bicyclic) bond motifs is 1. The largest absolute Gasteiger partial charge is 0.463 e. The van der Waals surface area contributed by atoms with Gasteiger partial charge in [-0.15, -0.1) is 0 Å². The Kier molecular flexibility index (Phi) is 4.41. The average molecular weight is 384 g/mol. The number of carbonyl (C=O) groups is 2. The standard InChI is InChI=1S/C20H14ClNO5/c21-12-4-3-5-13(10-12)22-11-16(14-6-1-2-7-15(14)18(22)23)19(24)27-17-8-9-26-20(17)25/h1-7,10-11,17H,8-9H2. The van der Waals surface area contributed by atoms with Crippen molar-refractivity contribution in [3.63, 3.8) is 0 Å². The second kappa shape index (κ2) is 6.89. The molecule has 0 aliphatic carbocycles. The van der Waals surface area contributed by atoms with Crippen LogP contribution in [0.2, 0.25) is 5.02 Å². The molecular weight excluding hydrogens is 370 g/mol. The topological polar surface area (TPSA) is 74.6 Å². The van der Waals surface area contributed by atoms with E-state index in [0.29, 0.717) is 27.9 Å². The van der Waals surface area contributed by atoms with Crippen LogP contribution in [0.1, 0.15) is 16.8 Å². The predicted octanol–water partition coefficient (Wildman–Crippen LogP) is 3.12. The number of carbonyl (C=O) groups excluding carboxylic acids is 2. The lowest BCUT2D eigenvalue weighted by Crippen LogP contribution is -2.25. The fraction of sp³-hybridized carbons (Fsp3) is 0.150. The lowest BCUT2D eigenvalue weighted by Gasteiger charge is -2.13. The summed E-state index contributed by atoms with van der Waals surface area (Å²) in [6.07, 6.45) is 0.804. The molecule has 0 radical (unpaired) electrons. The number of esters is 2. The highest BCUT2D eigenvalue weighted by Gasteiger charge is 2.31. The molecule has 2 aromatic carbocycles. The van der Waals surface area contributed by atoms with Gasteiger partial charge in [0.25, 0.3) is 5.56 Å². The number of halogens is 1. The Morgan fingerprint density at radius 3 is 2.59 bits per heavy atom. The first-order valence-electron chi connectivity index (χ1n) is 8.32. The summed E-state index contributed by atoms with van der Waals surface area (Å²) in [5.41, 5.74) is 0.419. The van der Waals surface area contributed by atoms with E-state index in [-0.39, 0.29) is 17.7 Å². The Morgan fingerprint density at radius 1 is 1.11 bits per heavy atom. The molecule has 0 N–H and O–H groups in total. The van der Waals surface area contributed by atoms with Crippen molar-refractivity contribution in [3.05, 3.63) is 75.7 Å². The zero-order chi connectivity index (χ0) is 19.0. The van der Waals surface area contributed by atoms with E-state index >= 15 is 0 Å². The molecule has 1 fully saturated rings. The van der Waals surface area contributed by atoms with Crippen LogP contribution in [0.15, 0.2) is 59.5 Å². The Balaban J connectivity index is 1.86. The molecule has 1 aliphatic rings. The van der Waals surface area contributed by atoms with Crippen molar-refractivity contribution in [1.29, 1.82) is 0 Å². The van der Waals surface area contributed by atoms with Gasteiger partial charge in [0.05, 0.1) is 17.9 Å². The molecule has 0 saturated carbocycles. The second-order valence-corrected chi connectivity index (χ2v) is 6.53. The van der Waals surface area contributed by atoms with Crippen LogP contribution < -0.4 is 5.56 Å². The van der Waals surface area contributed by atoms with Crippen LogP contribution in [0.3, 0.4) is 0 Å². The van der Waals surface area contributed by atoms with E-state index in [1.807, 2.05) is 0 Å². The van der Waals surface area contributed by atoms with E-state index in [2.05, 4.69) is 0 Å². The third-order valence-electron chi connectivity index (χ3n) is 4.37. The fourth-order valence-electron chi connectivity index (χ4n) is 3.05. The second-order valence-electron chi connectivity index (χ2n) is 6.09. The third-order valence-corrected chi connectivity index (χ3v) is 4.60. The van der Waals surface area contributed by atoms with Gasteiger partial charge in [0, 0.05) is 28.4 Å². The number of aromatic nitrogens is 1. The number of cyclic esters (lactones) is 1. The highest BCUT2D eigenvalue weighted by atomic mass is 35.5. The summed E-state index contributed by atoms with van der Waals surface area (Å²) in [6, 6.07) is 13.5. The number of ether oxygens (including phenoxy) is 2. The Morgan fingerprint density at radius 2 is 1.89 bits per heavy atom. The van der Waals surface area contributed by atoms with Gasteiger partial charge in [-0.25, -0.2) is 9.59 Å². The Labute approximate surface area is 158 Å². The molecule has 6 nitrogen and oxygen atoms in total. The van der Waals surface area contributed by atoms with Crippen LogP contribution in [0.4, 0.5) is 0 Å². The molecule has 1 unspecified atom stereocenters. The molecule has 1 atom stereocenters. The van der Waals surface area contributed by atoms with E-state index in [4.69, 9.17) is 21.1 Å². The smallest absolute Gasteiger partial charge is 0.347 e. The summed E-state index contributed by atoms with van der Waals surface area (Å²) >= 11 is 6.04. The maximum atomic E-state index is 12.9. The maximum Gasteiger partial charge on any atom is 0.347 e. The van der Waals surface area contributed by atoms with Crippen molar-refractivity contribution in [2.45, 2.75) is 12.5 Å². The lowest BCUT2D eigenvalue weighted by atomic mass is 10.1. The van der Waals surface area contributed by atoms with Crippen molar-refractivity contribution in [2.24, 2.45) is 0 Å². The van der Waals surface area contributed by atoms with E-state index < -0.39 is 18.0 Å². The number of hydrogen-bond donors (Lipinski definition) is 0. The predicted molar refractivity (Wildman–Crippen MR) is 99.3 cm³/mol. The van der Waals surface area contributed by atoms with Gasteiger partial charge in [0.1, 0.15) is 0 Å². The zero-order valence-corrected chi connectivity index (χ0v) is 14.8. The average Bonchev–Trinajstić information content (AvgIpc) is 3.07. The number of hydrogen-bond acceptors (Lipinski definition) is 5. The summed E-state index contributed by atoms with van der Waals surface area (Å²) in [5.74, 6) is -1.25. The molecule has 4 rings (SSSR count). The molecule has 1 aliphatic heterocycles. The highest BCUT2D eigenvalue weighted by Crippen LogP contribution is 2.21. The van der Waals surface area contributed by atoms with Crippen molar-refractivity contribution in [2.75, 3.05) is 6.61 Å². The van der Waals surface area contributed by atoms with E-state index in [1.165, 1.54) is 10.8 Å². The van der Waals surface area contributed by atoms with Crippen molar-refractivity contribution >= 4 is 34.3 Å². The summed E-state index contributed by atoms with van der Waals surface area (Å²) in [6.45, 7) is 0.222. The van der Waals surface area contributed by atoms with Crippen molar-refractivity contribution < 1.29 is 19.1 Å². The maximum absolute atomic E-state index is 12.9. The molecule has 136 valence electrons. The molecule has 0 bridgehead atoms. The number of rotatable bonds is 3. The number of benzene rings is 2. The molecule has 1 aromatic heterocycles. The minimum Gasteiger partial charge on any atom is -0.463 e. The zero-order valence-electron chi connectivity index (χ0n) is 14.1. The van der Waals surface area contributed by atoms with Gasteiger partial charge >= 0.3 is 11.9 Å². The van der Waals surface area contributed by atoms with Crippen LogP contribution in [0.5, 0.6) is 0 Å². The van der Waals surface area contributed by atoms with Gasteiger partial charge in [-0.2, -0.15) is 0 Å². The molecule has 7 heteroatoms. The molecule has 0 amide bonds. The Hall–Kier alpha value is -3.12. The van der Waals surface area contributed by atoms with Crippen LogP contribution >= 0.6 is 11.6 Å². The third kappa shape index (κ3) is 3.19. The van der Waals surface area contributed by atoms with E-state index in [9.17, 15) is 14.4 Å². The van der Waals surface area contributed by atoms with Crippen LogP contribution in [0.25, 0.3) is 16.5 Å². The van der Waals surface area contributed by atoms with Crippen LogP contribution in [0, 0.1) is 0 Å². The van der Waals surface area contributed by atoms with Gasteiger partial charge < -0.3 is 9.47 Å². The minimum absolute atomic E-state index is 0.185. The first-order valence-corrected chi connectivity index (χ1v) is 8.70. The van der Waals surface area contributed by atoms with Gasteiger partial charge in [-0.1, -0.05) is 35.9 Å². The van der Waals surface area contributed by atoms with Crippen molar-refractivity contribution in [1.82, 2.24) is 4.57 Å². The molecule has 3 aromatic rings. The van der Waals surface area contributed by atoms with Crippen LogP contribution in [-0.2, 0) is 14.3 Å². The van der Waals surface area contributed by atoms with Gasteiger partial charge in [0.2, 0.25) is 6.10 Å². The summed E-state index contributed by atoms with van der Waals surface area (Å²) in [7, 11) is 0. The molecule has 0 spiro atoms. The van der Waals surface area contributed by atoms with Crippen molar-refractivity contribution in [3.8, 4) is 5.69 Å². The van der Waals surface area contributed by atoms with Gasteiger partial charge in [-0.3, -0.25) is 9.36 Å². The Bertz CT molecular complexity index is 1120. The molecule has 2 heterocycles. The minimum atomic E-state index is -0.928. The first-order chi connectivity index (χ1) is 13.0. The molecule has 1 saturated heterocycles. The number of nitrogens with zero attached hydrogens (tertiary/aromatic N) is 1. The quantitative estimate of drug-likeness (QED) is 0.650. The summed E-state index contributed by atoms with van der Waals surface area (Å²) in [5, 5.41) is 1.28. The fourth-order valence-corrected chi connectivity index (χ4v) is 3.23. The van der Waals surface area contributed by atoms with Crippen LogP contribution in [-0.4, -0.2) is 29.2 Å². The van der Waals surface area contributed by atoms with Gasteiger partial charge in [0.15, 0.2) is 0 Å². The van der Waals surface area contributed by atoms with E-state index in [1.54, 1.807) is 48.5 Å². The van der Waals surface area contributed by atoms with Gasteiger partial charge in [-0.05, 0) is 24.3 Å². The van der Waals surface area contributed by atoms with E-state index in [0.717, 1.165) is 0 Å².